The van der Waals surface area contributed by atoms with Crippen LogP contribution in [-0.2, 0) is 10.0 Å². The van der Waals surface area contributed by atoms with Crippen LogP contribution in [0.4, 0.5) is 0 Å². The molecule has 154 valence electrons. The average Bonchev–Trinajstić information content (AvgIpc) is 3.19. The first kappa shape index (κ1) is 19.1. The van der Waals surface area contributed by atoms with Crippen LogP contribution in [0.2, 0.25) is 0 Å². The molecule has 3 heterocycles. The molecule has 2 aromatic heterocycles. The lowest BCUT2D eigenvalue weighted by molar-refractivity contribution is 0.415. The summed E-state index contributed by atoms with van der Waals surface area (Å²) in [7, 11) is -2.15. The molecule has 1 N–H and O–H groups in total. The van der Waals surface area contributed by atoms with E-state index >= 15 is 0 Å². The molecule has 0 bridgehead atoms. The minimum absolute atomic E-state index is 0.235. The largest absolute Gasteiger partial charge is 0.497 e. The maximum atomic E-state index is 13.6. The number of methoxy groups -OCH3 is 1. The molecule has 2 aromatic carbocycles. The van der Waals surface area contributed by atoms with Gasteiger partial charge in [0, 0.05) is 23.2 Å². The highest BCUT2D eigenvalue weighted by molar-refractivity contribution is 7.90. The van der Waals surface area contributed by atoms with E-state index in [1.54, 1.807) is 37.7 Å². The molecule has 0 unspecified atom stereocenters. The van der Waals surface area contributed by atoms with Gasteiger partial charge in [-0.25, -0.2) is 12.4 Å². The van der Waals surface area contributed by atoms with Crippen LogP contribution < -0.4 is 10.1 Å². The minimum Gasteiger partial charge on any atom is -0.497 e. The van der Waals surface area contributed by atoms with Crippen molar-refractivity contribution in [1.29, 1.82) is 0 Å². The van der Waals surface area contributed by atoms with Gasteiger partial charge in [0.05, 0.1) is 23.0 Å². The lowest BCUT2D eigenvalue weighted by atomic mass is 9.90. The van der Waals surface area contributed by atoms with Crippen molar-refractivity contribution in [2.75, 3.05) is 20.2 Å². The van der Waals surface area contributed by atoms with Gasteiger partial charge in [-0.05, 0) is 73.8 Å². The predicted molar refractivity (Wildman–Crippen MR) is 118 cm³/mol. The molecular formula is C23H23N3O3S. The summed E-state index contributed by atoms with van der Waals surface area (Å²) in [5.74, 6) is 1.04. The Balaban J connectivity index is 1.70. The van der Waals surface area contributed by atoms with Crippen molar-refractivity contribution in [2.45, 2.75) is 23.7 Å². The molecule has 5 rings (SSSR count). The Morgan fingerprint density at radius 1 is 1.10 bits per heavy atom. The minimum atomic E-state index is -3.77. The molecule has 0 saturated carbocycles. The number of rotatable bonds is 4. The Bertz CT molecular complexity index is 1340. The molecule has 1 saturated heterocycles. The zero-order valence-electron chi connectivity index (χ0n) is 16.7. The molecule has 30 heavy (non-hydrogen) atoms. The number of aromatic nitrogens is 2. The second-order valence-corrected chi connectivity index (χ2v) is 9.47. The van der Waals surface area contributed by atoms with Gasteiger partial charge in [0.2, 0.25) is 0 Å². The van der Waals surface area contributed by atoms with E-state index in [2.05, 4.69) is 10.3 Å². The van der Waals surface area contributed by atoms with Crippen LogP contribution in [-0.4, -0.2) is 37.6 Å². The number of hydrogen-bond acceptors (Lipinski definition) is 5. The highest BCUT2D eigenvalue weighted by atomic mass is 32.2. The Labute approximate surface area is 175 Å². The third kappa shape index (κ3) is 3.14. The number of benzene rings is 2. The highest BCUT2D eigenvalue weighted by Crippen LogP contribution is 2.36. The van der Waals surface area contributed by atoms with Crippen molar-refractivity contribution < 1.29 is 13.2 Å². The molecule has 1 aliphatic heterocycles. The SMILES string of the molecule is COc1ccc2c(c1)c(C1CCNCC1)cn2S(=O)(=O)c1ccc2cccnc2c1. The number of nitrogens with zero attached hydrogens (tertiary/aromatic N) is 2. The van der Waals surface area contributed by atoms with Crippen molar-refractivity contribution in [2.24, 2.45) is 0 Å². The zero-order chi connectivity index (χ0) is 20.7. The van der Waals surface area contributed by atoms with Crippen LogP contribution >= 0.6 is 0 Å². The maximum Gasteiger partial charge on any atom is 0.268 e. The Morgan fingerprint density at radius 3 is 2.73 bits per heavy atom. The molecule has 4 aromatic rings. The quantitative estimate of drug-likeness (QED) is 0.541. The van der Waals surface area contributed by atoms with Crippen molar-refractivity contribution >= 4 is 31.8 Å². The van der Waals surface area contributed by atoms with Crippen LogP contribution in [0.1, 0.15) is 24.3 Å². The van der Waals surface area contributed by atoms with Crippen molar-refractivity contribution in [3.8, 4) is 5.75 Å². The summed E-state index contributed by atoms with van der Waals surface area (Å²) in [5, 5.41) is 5.22. The zero-order valence-corrected chi connectivity index (χ0v) is 17.5. The van der Waals surface area contributed by atoms with Gasteiger partial charge in [-0.3, -0.25) is 4.98 Å². The fraction of sp³-hybridized carbons (Fsp3) is 0.261. The van der Waals surface area contributed by atoms with Crippen LogP contribution in [0.15, 0.2) is 65.8 Å². The van der Waals surface area contributed by atoms with Gasteiger partial charge in [-0.1, -0.05) is 12.1 Å². The molecular weight excluding hydrogens is 398 g/mol. The molecule has 6 nitrogen and oxygen atoms in total. The van der Waals surface area contributed by atoms with Gasteiger partial charge < -0.3 is 10.1 Å². The number of pyridine rings is 1. The fourth-order valence-electron chi connectivity index (χ4n) is 4.31. The van der Waals surface area contributed by atoms with E-state index in [4.69, 9.17) is 4.74 Å². The van der Waals surface area contributed by atoms with Crippen molar-refractivity contribution in [1.82, 2.24) is 14.3 Å². The molecule has 1 aliphatic rings. The first-order valence-corrected chi connectivity index (χ1v) is 11.5. The summed E-state index contributed by atoms with van der Waals surface area (Å²) in [6, 6.07) is 14.4. The Morgan fingerprint density at radius 2 is 1.93 bits per heavy atom. The molecule has 0 radical (unpaired) electrons. The third-order valence-electron chi connectivity index (χ3n) is 5.92. The molecule has 1 fully saturated rings. The molecule has 0 aliphatic carbocycles. The summed E-state index contributed by atoms with van der Waals surface area (Å²) in [6.45, 7) is 1.87. The monoisotopic (exact) mass is 421 g/mol. The van der Waals surface area contributed by atoms with E-state index < -0.39 is 10.0 Å². The molecule has 0 amide bonds. The molecule has 0 spiro atoms. The predicted octanol–water partition coefficient (Wildman–Crippen LogP) is 3.90. The lowest BCUT2D eigenvalue weighted by Crippen LogP contribution is -2.26. The van der Waals surface area contributed by atoms with Gasteiger partial charge in [0.1, 0.15) is 5.75 Å². The fourth-order valence-corrected chi connectivity index (χ4v) is 5.71. The number of fused-ring (bicyclic) bond motifs is 2. The van der Waals surface area contributed by atoms with Crippen LogP contribution in [0, 0.1) is 0 Å². The summed E-state index contributed by atoms with van der Waals surface area (Å²) in [4.78, 5) is 4.55. The van der Waals surface area contributed by atoms with Crippen LogP contribution in [0.25, 0.3) is 21.8 Å². The van der Waals surface area contributed by atoms with Gasteiger partial charge in [-0.15, -0.1) is 0 Å². The first-order chi connectivity index (χ1) is 14.6. The van der Waals surface area contributed by atoms with Crippen molar-refractivity contribution in [3.05, 3.63) is 66.5 Å². The van der Waals surface area contributed by atoms with E-state index in [9.17, 15) is 8.42 Å². The summed E-state index contributed by atoms with van der Waals surface area (Å²) in [6.07, 6.45) is 5.44. The maximum absolute atomic E-state index is 13.6. The molecule has 0 atom stereocenters. The van der Waals surface area contributed by atoms with E-state index in [-0.39, 0.29) is 4.90 Å². The van der Waals surface area contributed by atoms with Crippen LogP contribution in [0.3, 0.4) is 0 Å². The summed E-state index contributed by atoms with van der Waals surface area (Å²) in [5.41, 5.74) is 2.40. The van der Waals surface area contributed by atoms with Gasteiger partial charge >= 0.3 is 0 Å². The normalized spacial score (nSPS) is 15.6. The smallest absolute Gasteiger partial charge is 0.268 e. The van der Waals surface area contributed by atoms with E-state index in [1.165, 1.54) is 3.97 Å². The van der Waals surface area contributed by atoms with E-state index in [1.807, 2.05) is 30.3 Å². The standard InChI is InChI=1S/C23H23N3O3S/c1-29-18-5-7-23-20(13-18)21(16-8-11-24-12-9-16)15-26(23)30(27,28)19-6-4-17-3-2-10-25-22(17)14-19/h2-7,10,13-16,24H,8-9,11-12H2,1H3. The molecule has 7 heteroatoms. The average molecular weight is 422 g/mol. The number of nitrogens with one attached hydrogen (secondary N) is 1. The summed E-state index contributed by atoms with van der Waals surface area (Å²) >= 11 is 0. The van der Waals surface area contributed by atoms with Crippen molar-refractivity contribution in [3.63, 3.8) is 0 Å². The van der Waals surface area contributed by atoms with Crippen LogP contribution in [0.5, 0.6) is 5.75 Å². The third-order valence-corrected chi connectivity index (χ3v) is 7.59. The second kappa shape index (κ2) is 7.41. The number of hydrogen-bond donors (Lipinski definition) is 1. The number of ether oxygens (including phenoxy) is 1. The highest BCUT2D eigenvalue weighted by Gasteiger charge is 2.26. The lowest BCUT2D eigenvalue weighted by Gasteiger charge is -2.22. The topological polar surface area (TPSA) is 73.2 Å². The van der Waals surface area contributed by atoms with Gasteiger partial charge in [0.15, 0.2) is 0 Å². The first-order valence-electron chi connectivity index (χ1n) is 10.1. The van der Waals surface area contributed by atoms with Gasteiger partial charge in [0.25, 0.3) is 10.0 Å². The van der Waals surface area contributed by atoms with Gasteiger partial charge in [-0.2, -0.15) is 0 Å². The summed E-state index contributed by atoms with van der Waals surface area (Å²) < 4.78 is 34.1. The number of piperidine rings is 1. The second-order valence-electron chi connectivity index (χ2n) is 7.65. The van der Waals surface area contributed by atoms with E-state index in [0.29, 0.717) is 17.0 Å². The van der Waals surface area contributed by atoms with E-state index in [0.717, 1.165) is 48.0 Å². The Hall–Kier alpha value is -2.90. The Kier molecular flexibility index (Phi) is 4.72.